The van der Waals surface area contributed by atoms with E-state index in [0.717, 1.165) is 77.7 Å². The van der Waals surface area contributed by atoms with E-state index in [4.69, 9.17) is 6.57 Å². The van der Waals surface area contributed by atoms with Crippen LogP contribution in [0.3, 0.4) is 0 Å². The third-order valence-electron chi connectivity index (χ3n) is 13.1. The molecule has 13 rings (SSSR count). The van der Waals surface area contributed by atoms with Crippen molar-refractivity contribution in [3.63, 3.8) is 0 Å². The number of rotatable bonds is 4. The first-order valence-electron chi connectivity index (χ1n) is 21.3. The van der Waals surface area contributed by atoms with Crippen LogP contribution in [-0.2, 0) is 6.18 Å². The SMILES string of the molecule is [C-]#[N+]c1cccc(-n2c3ccccc3c3c4sc5ccccc5c4ccc32)c1-c1cc(-c2ccc(C(F)(F)F)cc2C)ccc1-n1c2ccccc2c2c3sc4ccccc4c3ccc21. The number of hydrogen-bond donors (Lipinski definition) is 0. The van der Waals surface area contributed by atoms with Gasteiger partial charge in [0, 0.05) is 73.1 Å². The van der Waals surface area contributed by atoms with Gasteiger partial charge in [-0.05, 0) is 95.9 Å². The first-order valence-corrected chi connectivity index (χ1v) is 22.9. The number of halogens is 3. The second-order valence-corrected chi connectivity index (χ2v) is 18.7. The van der Waals surface area contributed by atoms with E-state index in [0.29, 0.717) is 16.8 Å². The Morgan fingerprint density at radius 1 is 0.477 bits per heavy atom. The van der Waals surface area contributed by atoms with E-state index in [2.05, 4.69) is 154 Å². The van der Waals surface area contributed by atoms with Gasteiger partial charge in [0.05, 0.1) is 39.9 Å². The molecule has 308 valence electrons. The van der Waals surface area contributed by atoms with E-state index in [1.54, 1.807) is 35.7 Å². The minimum atomic E-state index is -4.47. The molecule has 0 bridgehead atoms. The molecule has 3 nitrogen and oxygen atoms in total. The Morgan fingerprint density at radius 2 is 1.03 bits per heavy atom. The number of aryl methyl sites for hydroxylation is 1. The number of para-hydroxylation sites is 2. The minimum Gasteiger partial charge on any atom is -0.310 e. The minimum absolute atomic E-state index is 0.464. The zero-order chi connectivity index (χ0) is 43.7. The van der Waals surface area contributed by atoms with Crippen molar-refractivity contribution in [1.82, 2.24) is 9.13 Å². The molecule has 9 aromatic carbocycles. The van der Waals surface area contributed by atoms with E-state index < -0.39 is 11.7 Å². The highest BCUT2D eigenvalue weighted by Crippen LogP contribution is 2.50. The standard InChI is InChI=1S/C57H32F3N3S2/c1-32-30-34(57(58,59)60)23-24-35(32)33-22-27-46(62-44-17-7-3-14-40(44)53-48(62)28-25-38-36-12-5-9-20-50(36)64-55(38)53)42(31-33)52-43(61-2)16-11-19-47(52)63-45-18-8-4-15-41(45)54-49(63)29-26-39-37-13-6-10-21-51(37)65-56(39)54/h3-31H,1H3. The molecule has 8 heteroatoms. The molecule has 0 amide bonds. The smallest absolute Gasteiger partial charge is 0.310 e. The van der Waals surface area contributed by atoms with Gasteiger partial charge in [0.1, 0.15) is 0 Å². The summed E-state index contributed by atoms with van der Waals surface area (Å²) in [6.45, 7) is 10.5. The Kier molecular flexibility index (Phi) is 8.09. The lowest BCUT2D eigenvalue weighted by Gasteiger charge is -2.21. The van der Waals surface area contributed by atoms with Crippen LogP contribution in [-0.4, -0.2) is 9.13 Å². The zero-order valence-electron chi connectivity index (χ0n) is 34.5. The second-order valence-electron chi connectivity index (χ2n) is 16.6. The lowest BCUT2D eigenvalue weighted by atomic mass is 9.92. The molecule has 13 aromatic rings. The molecule has 0 N–H and O–H groups in total. The maximum Gasteiger partial charge on any atom is 0.416 e. The second kappa shape index (κ2) is 13.9. The predicted octanol–water partition coefficient (Wildman–Crippen LogP) is 17.8. The molecule has 4 heterocycles. The van der Waals surface area contributed by atoms with Crippen LogP contribution in [0.4, 0.5) is 18.9 Å². The van der Waals surface area contributed by atoms with Crippen LogP contribution in [0.1, 0.15) is 11.1 Å². The van der Waals surface area contributed by atoms with Gasteiger partial charge in [-0.1, -0.05) is 109 Å². The summed E-state index contributed by atoms with van der Waals surface area (Å²) in [7, 11) is 0. The topological polar surface area (TPSA) is 14.2 Å². The van der Waals surface area contributed by atoms with Gasteiger partial charge < -0.3 is 9.13 Å². The summed E-state index contributed by atoms with van der Waals surface area (Å²) < 4.78 is 51.5. The number of thiophene rings is 2. The van der Waals surface area contributed by atoms with Crippen LogP contribution < -0.4 is 0 Å². The van der Waals surface area contributed by atoms with E-state index in [1.165, 1.54) is 46.4 Å². The summed E-state index contributed by atoms with van der Waals surface area (Å²) in [5.41, 5.74) is 9.01. The molecule has 0 unspecified atom stereocenters. The molecule has 0 saturated carbocycles. The number of alkyl halides is 3. The summed E-state index contributed by atoms with van der Waals surface area (Å²) in [4.78, 5) is 4.23. The van der Waals surface area contributed by atoms with Crippen LogP contribution >= 0.6 is 22.7 Å². The van der Waals surface area contributed by atoms with Crippen LogP contribution in [0.5, 0.6) is 0 Å². The molecule has 0 aliphatic rings. The monoisotopic (exact) mass is 879 g/mol. The Morgan fingerprint density at radius 3 is 1.60 bits per heavy atom. The molecule has 0 fully saturated rings. The van der Waals surface area contributed by atoms with E-state index in [1.807, 2.05) is 18.2 Å². The van der Waals surface area contributed by atoms with Crippen molar-refractivity contribution in [3.8, 4) is 33.6 Å². The highest BCUT2D eigenvalue weighted by atomic mass is 32.1. The first kappa shape index (κ1) is 37.8. The average molecular weight is 880 g/mol. The van der Waals surface area contributed by atoms with Crippen molar-refractivity contribution in [2.45, 2.75) is 13.1 Å². The lowest BCUT2D eigenvalue weighted by Crippen LogP contribution is -2.05. The summed E-state index contributed by atoms with van der Waals surface area (Å²) in [6.07, 6.45) is -4.47. The van der Waals surface area contributed by atoms with Crippen molar-refractivity contribution in [1.29, 1.82) is 0 Å². The molecule has 0 radical (unpaired) electrons. The maximum atomic E-state index is 14.0. The van der Waals surface area contributed by atoms with Gasteiger partial charge in [0.25, 0.3) is 0 Å². The zero-order valence-corrected chi connectivity index (χ0v) is 36.2. The lowest BCUT2D eigenvalue weighted by molar-refractivity contribution is -0.137. The summed E-state index contributed by atoms with van der Waals surface area (Å²) >= 11 is 3.59. The van der Waals surface area contributed by atoms with Gasteiger partial charge in [-0.3, -0.25) is 0 Å². The maximum absolute atomic E-state index is 14.0. The van der Waals surface area contributed by atoms with Gasteiger partial charge in [0.15, 0.2) is 5.69 Å². The average Bonchev–Trinajstić information content (AvgIpc) is 4.08. The number of aromatic nitrogens is 2. The Hall–Kier alpha value is -7.70. The van der Waals surface area contributed by atoms with Crippen molar-refractivity contribution in [3.05, 3.63) is 198 Å². The molecule has 65 heavy (non-hydrogen) atoms. The highest BCUT2D eigenvalue weighted by Gasteiger charge is 2.31. The number of fused-ring (bicyclic) bond motifs is 14. The Labute approximate surface area is 377 Å². The third-order valence-corrected chi connectivity index (χ3v) is 15.5. The fourth-order valence-electron chi connectivity index (χ4n) is 10.3. The van der Waals surface area contributed by atoms with Crippen molar-refractivity contribution in [2.24, 2.45) is 0 Å². The molecule has 0 aliphatic heterocycles. The Balaban J connectivity index is 1.16. The highest BCUT2D eigenvalue weighted by molar-refractivity contribution is 7.27. The van der Waals surface area contributed by atoms with Gasteiger partial charge in [-0.2, -0.15) is 13.2 Å². The summed E-state index contributed by atoms with van der Waals surface area (Å²) in [6, 6.07) is 58.9. The molecule has 0 spiro atoms. The van der Waals surface area contributed by atoms with Crippen molar-refractivity contribution < 1.29 is 13.2 Å². The first-order chi connectivity index (χ1) is 31.8. The predicted molar refractivity (Wildman–Crippen MR) is 268 cm³/mol. The van der Waals surface area contributed by atoms with Gasteiger partial charge in [-0.15, -0.1) is 22.7 Å². The van der Waals surface area contributed by atoms with E-state index >= 15 is 0 Å². The van der Waals surface area contributed by atoms with Crippen LogP contribution in [0.25, 0.3) is 122 Å². The normalized spacial score (nSPS) is 12.3. The largest absolute Gasteiger partial charge is 0.416 e. The fourth-order valence-corrected chi connectivity index (χ4v) is 12.9. The Bertz CT molecular complexity index is 4210. The molecule has 4 aromatic heterocycles. The van der Waals surface area contributed by atoms with Crippen molar-refractivity contribution in [2.75, 3.05) is 0 Å². The van der Waals surface area contributed by atoms with Crippen LogP contribution in [0, 0.1) is 13.5 Å². The van der Waals surface area contributed by atoms with Gasteiger partial charge in [-0.25, -0.2) is 4.85 Å². The van der Waals surface area contributed by atoms with Crippen LogP contribution in [0.15, 0.2) is 176 Å². The van der Waals surface area contributed by atoms with Crippen LogP contribution in [0.2, 0.25) is 0 Å². The van der Waals surface area contributed by atoms with E-state index in [-0.39, 0.29) is 0 Å². The third kappa shape index (κ3) is 5.46. The molecule has 0 saturated heterocycles. The molecule has 0 aliphatic carbocycles. The molecular weight excluding hydrogens is 848 g/mol. The summed E-state index contributed by atoms with van der Waals surface area (Å²) in [5.74, 6) is 0. The van der Waals surface area contributed by atoms with Crippen molar-refractivity contribution >= 4 is 112 Å². The number of hydrogen-bond acceptors (Lipinski definition) is 2. The number of benzene rings is 9. The van der Waals surface area contributed by atoms with E-state index in [9.17, 15) is 13.2 Å². The van der Waals surface area contributed by atoms with Gasteiger partial charge >= 0.3 is 6.18 Å². The number of nitrogens with zero attached hydrogens (tertiary/aromatic N) is 3. The quantitative estimate of drug-likeness (QED) is 0.156. The van der Waals surface area contributed by atoms with Gasteiger partial charge in [0.2, 0.25) is 0 Å². The molecule has 0 atom stereocenters. The fraction of sp³-hybridized carbons (Fsp3) is 0.0351. The summed E-state index contributed by atoms with van der Waals surface area (Å²) in [5, 5.41) is 9.39. The molecular formula is C57H32F3N3S2.